The summed E-state index contributed by atoms with van der Waals surface area (Å²) in [5.74, 6) is 0.519. The summed E-state index contributed by atoms with van der Waals surface area (Å²) >= 11 is 0. The average Bonchev–Trinajstić information content (AvgIpc) is 3.01. The number of carbonyl (C=O) groups excluding carboxylic acids is 2. The van der Waals surface area contributed by atoms with Crippen molar-refractivity contribution in [1.82, 2.24) is 0 Å². The molecule has 0 aromatic heterocycles. The van der Waals surface area contributed by atoms with Crippen LogP contribution in [0.25, 0.3) is 0 Å². The number of nitriles is 1. The summed E-state index contributed by atoms with van der Waals surface area (Å²) in [6.07, 6.45) is 5.92. The third kappa shape index (κ3) is 1.41. The van der Waals surface area contributed by atoms with Crippen molar-refractivity contribution in [3.05, 3.63) is 11.3 Å². The molecule has 30 heavy (non-hydrogen) atoms. The molecule has 9 atom stereocenters. The van der Waals surface area contributed by atoms with Gasteiger partial charge in [0.2, 0.25) is 0 Å². The highest BCUT2D eigenvalue weighted by molar-refractivity contribution is 6.00. The van der Waals surface area contributed by atoms with E-state index in [9.17, 15) is 14.9 Å². The zero-order valence-electron chi connectivity index (χ0n) is 17.6. The molecule has 0 aromatic rings. The molecular formula is C24H28N2O4. The first-order chi connectivity index (χ1) is 14.2. The lowest BCUT2D eigenvalue weighted by Gasteiger charge is -2.61. The van der Waals surface area contributed by atoms with Crippen LogP contribution in [0.2, 0.25) is 0 Å². The Morgan fingerprint density at radius 1 is 1.13 bits per heavy atom. The topological polar surface area (TPSA) is 106 Å². The Kier molecular flexibility index (Phi) is 2.75. The van der Waals surface area contributed by atoms with Crippen molar-refractivity contribution in [2.24, 2.45) is 39.7 Å². The zero-order valence-corrected chi connectivity index (χ0v) is 17.6. The van der Waals surface area contributed by atoms with E-state index < -0.39 is 10.8 Å². The monoisotopic (exact) mass is 408 g/mol. The van der Waals surface area contributed by atoms with Crippen LogP contribution in [0.1, 0.15) is 65.2 Å². The second-order valence-corrected chi connectivity index (χ2v) is 11.6. The van der Waals surface area contributed by atoms with Gasteiger partial charge in [0.05, 0.1) is 17.6 Å². The molecule has 2 aliphatic heterocycles. The Balaban J connectivity index is 1.44. The number of nitrogens with zero attached hydrogens (tertiary/aromatic N) is 1. The lowest BCUT2D eigenvalue weighted by molar-refractivity contribution is -0.171. The Morgan fingerprint density at radius 3 is 2.63 bits per heavy atom. The van der Waals surface area contributed by atoms with Gasteiger partial charge in [-0.3, -0.25) is 9.59 Å². The molecule has 2 bridgehead atoms. The highest BCUT2D eigenvalue weighted by atomic mass is 16.6. The number of hydrogen-bond acceptors (Lipinski definition) is 6. The molecule has 7 rings (SSSR count). The van der Waals surface area contributed by atoms with Gasteiger partial charge in [-0.25, -0.2) is 0 Å². The molecule has 6 fully saturated rings. The normalized spacial score (nSPS) is 59.5. The summed E-state index contributed by atoms with van der Waals surface area (Å²) in [7, 11) is 0. The van der Waals surface area contributed by atoms with E-state index in [1.165, 1.54) is 0 Å². The summed E-state index contributed by atoms with van der Waals surface area (Å²) < 4.78 is 12.8. The molecular weight excluding hydrogens is 380 g/mol. The van der Waals surface area contributed by atoms with Gasteiger partial charge in [0.15, 0.2) is 5.78 Å². The molecule has 5 aliphatic carbocycles. The highest BCUT2D eigenvalue weighted by Crippen LogP contribution is 2.83. The average molecular weight is 408 g/mol. The molecule has 0 aromatic carbocycles. The van der Waals surface area contributed by atoms with E-state index >= 15 is 0 Å². The molecule has 158 valence electrons. The number of fused-ring (bicyclic) bond motifs is 5. The van der Waals surface area contributed by atoms with Crippen molar-refractivity contribution in [3.8, 4) is 6.07 Å². The van der Waals surface area contributed by atoms with Gasteiger partial charge in [-0.2, -0.15) is 5.26 Å². The number of Topliss-reactive ketones (excluding diaryl/α,β-unsaturated/α-hetero) is 1. The van der Waals surface area contributed by atoms with E-state index in [4.69, 9.17) is 15.2 Å². The summed E-state index contributed by atoms with van der Waals surface area (Å²) in [6, 6.07) is 2.61. The minimum atomic E-state index is -0.813. The first kappa shape index (κ1) is 17.8. The number of ether oxygens (including phenoxy) is 2. The van der Waals surface area contributed by atoms with E-state index in [2.05, 4.69) is 19.9 Å². The van der Waals surface area contributed by atoms with Crippen LogP contribution in [0.4, 0.5) is 0 Å². The van der Waals surface area contributed by atoms with E-state index in [-0.39, 0.29) is 46.3 Å². The van der Waals surface area contributed by atoms with Gasteiger partial charge in [-0.15, -0.1) is 0 Å². The lowest BCUT2D eigenvalue weighted by atomic mass is 9.39. The van der Waals surface area contributed by atoms with E-state index in [0.29, 0.717) is 42.9 Å². The number of esters is 1. The number of hydrogen-bond donors (Lipinski definition) is 1. The van der Waals surface area contributed by atoms with Crippen LogP contribution in [-0.4, -0.2) is 29.1 Å². The first-order valence-electron chi connectivity index (χ1n) is 11.5. The first-order valence-corrected chi connectivity index (χ1v) is 11.5. The molecule has 7 unspecified atom stereocenters. The molecule has 0 amide bonds. The number of epoxide rings is 1. The van der Waals surface area contributed by atoms with Gasteiger partial charge >= 0.3 is 5.97 Å². The summed E-state index contributed by atoms with van der Waals surface area (Å²) in [4.78, 5) is 25.1. The minimum Gasteiger partial charge on any atom is -0.458 e. The standard InChI is InChI=1S/C24H28N2O4/c1-20-10-15-24(29-15)17(13(20)3-7-23(20)8-5-16(28)30-23)12-9-22(11-25)18(19(12)26)14(27)4-6-21(22,24)2/h12-13,15,17H,3-10,26H2,1-2H3/t12?,13?,15?,17?,20-,21-,22?,23?,24?/m0/s1. The Hall–Kier alpha value is -1.87. The van der Waals surface area contributed by atoms with Gasteiger partial charge < -0.3 is 15.2 Å². The van der Waals surface area contributed by atoms with Gasteiger partial charge in [0, 0.05) is 46.8 Å². The molecule has 0 radical (unpaired) electrons. The van der Waals surface area contributed by atoms with E-state index in [1.54, 1.807) is 0 Å². The molecule has 2 N–H and O–H groups in total. The maximum absolute atomic E-state index is 13.0. The molecule has 2 spiro atoms. The fourth-order valence-electron chi connectivity index (χ4n) is 9.90. The number of rotatable bonds is 0. The van der Waals surface area contributed by atoms with Gasteiger partial charge in [0.1, 0.15) is 11.2 Å². The molecule has 6 heteroatoms. The van der Waals surface area contributed by atoms with Crippen molar-refractivity contribution in [2.45, 2.75) is 82.5 Å². The van der Waals surface area contributed by atoms with Gasteiger partial charge in [-0.1, -0.05) is 13.8 Å². The molecule has 2 saturated heterocycles. The zero-order chi connectivity index (χ0) is 20.9. The van der Waals surface area contributed by atoms with E-state index in [1.807, 2.05) is 0 Å². The Bertz CT molecular complexity index is 1030. The molecule has 6 nitrogen and oxygen atoms in total. The summed E-state index contributed by atoms with van der Waals surface area (Å²) in [5.41, 5.74) is 5.90. The fraction of sp³-hybridized carbons (Fsp3) is 0.792. The number of ketones is 1. The maximum atomic E-state index is 13.0. The highest BCUT2D eigenvalue weighted by Gasteiger charge is 2.88. The predicted octanol–water partition coefficient (Wildman–Crippen LogP) is 2.76. The summed E-state index contributed by atoms with van der Waals surface area (Å²) in [5, 5.41) is 10.4. The Labute approximate surface area is 176 Å². The van der Waals surface area contributed by atoms with Crippen LogP contribution in [0.3, 0.4) is 0 Å². The number of carbonyl (C=O) groups is 2. The van der Waals surface area contributed by atoms with E-state index in [0.717, 1.165) is 25.7 Å². The largest absolute Gasteiger partial charge is 0.458 e. The molecule has 4 saturated carbocycles. The van der Waals surface area contributed by atoms with Crippen LogP contribution < -0.4 is 5.73 Å². The van der Waals surface area contributed by atoms with Crippen molar-refractivity contribution < 1.29 is 19.1 Å². The van der Waals surface area contributed by atoms with Crippen molar-refractivity contribution in [3.63, 3.8) is 0 Å². The lowest BCUT2D eigenvalue weighted by Crippen LogP contribution is -2.66. The van der Waals surface area contributed by atoms with Crippen LogP contribution >= 0.6 is 0 Å². The number of nitrogens with two attached hydrogens (primary N) is 1. The quantitative estimate of drug-likeness (QED) is 0.488. The van der Waals surface area contributed by atoms with Gasteiger partial charge in [0.25, 0.3) is 0 Å². The third-order valence-corrected chi connectivity index (χ3v) is 11.3. The summed E-state index contributed by atoms with van der Waals surface area (Å²) in [6.45, 7) is 4.51. The maximum Gasteiger partial charge on any atom is 0.306 e. The van der Waals surface area contributed by atoms with Crippen LogP contribution in [0.15, 0.2) is 11.3 Å². The SMILES string of the molecule is C[C@]12CCC(=O)C3=C(N)C(CC31C#N)C1C3CCC4(CCC(=O)O4)[C@@]3(C)CC3OC312. The fourth-order valence-corrected chi connectivity index (χ4v) is 9.90. The van der Waals surface area contributed by atoms with Crippen molar-refractivity contribution >= 4 is 11.8 Å². The second kappa shape index (κ2) is 4.65. The van der Waals surface area contributed by atoms with Crippen LogP contribution in [0.5, 0.6) is 0 Å². The van der Waals surface area contributed by atoms with Crippen LogP contribution in [0, 0.1) is 45.3 Å². The van der Waals surface area contributed by atoms with Crippen LogP contribution in [-0.2, 0) is 19.1 Å². The molecule has 2 heterocycles. The second-order valence-electron chi connectivity index (χ2n) is 11.6. The minimum absolute atomic E-state index is 0.0108. The van der Waals surface area contributed by atoms with Crippen molar-refractivity contribution in [1.29, 1.82) is 5.26 Å². The number of allylic oxidation sites excluding steroid dienone is 2. The smallest absolute Gasteiger partial charge is 0.306 e. The van der Waals surface area contributed by atoms with Gasteiger partial charge in [-0.05, 0) is 44.4 Å². The predicted molar refractivity (Wildman–Crippen MR) is 104 cm³/mol. The molecule has 7 aliphatic rings. The Morgan fingerprint density at radius 2 is 1.93 bits per heavy atom. The van der Waals surface area contributed by atoms with Crippen molar-refractivity contribution in [2.75, 3.05) is 0 Å². The third-order valence-electron chi connectivity index (χ3n) is 11.3.